The molecule has 1 heterocycles. The molecule has 132 valence electrons. The third kappa shape index (κ3) is 5.69. The second-order valence-electron chi connectivity index (χ2n) is 5.52. The maximum absolute atomic E-state index is 12.0. The Labute approximate surface area is 165 Å². The van der Waals surface area contributed by atoms with Gasteiger partial charge in [0.25, 0.3) is 0 Å². The number of carbonyl (C=O) groups is 1. The van der Waals surface area contributed by atoms with Crippen molar-refractivity contribution in [3.63, 3.8) is 0 Å². The van der Waals surface area contributed by atoms with E-state index in [9.17, 15) is 4.79 Å². The first-order chi connectivity index (χ1) is 12.6. The number of carbonyl (C=O) groups excluding carboxylic acids is 1. The van der Waals surface area contributed by atoms with Gasteiger partial charge in [-0.15, -0.1) is 10.2 Å². The number of nitrogens with zero attached hydrogens (tertiary/aromatic N) is 2. The summed E-state index contributed by atoms with van der Waals surface area (Å²) < 4.78 is 0.822. The van der Waals surface area contributed by atoms with Gasteiger partial charge in [-0.05, 0) is 36.3 Å². The Bertz CT molecular complexity index is 905. The van der Waals surface area contributed by atoms with Crippen LogP contribution < -0.4 is 5.32 Å². The first-order valence-corrected chi connectivity index (χ1v) is 10.0. The molecule has 0 spiro atoms. The van der Waals surface area contributed by atoms with Crippen LogP contribution in [0.5, 0.6) is 0 Å². The minimum atomic E-state index is -0.244. The summed E-state index contributed by atoms with van der Waals surface area (Å²) in [5, 5.41) is 12.0. The molecule has 0 fully saturated rings. The van der Waals surface area contributed by atoms with E-state index in [1.54, 1.807) is 30.0 Å². The molecule has 0 saturated heterocycles. The molecule has 1 aromatic heterocycles. The Morgan fingerprint density at radius 1 is 1.15 bits per heavy atom. The highest BCUT2D eigenvalue weighted by Gasteiger charge is 2.07. The van der Waals surface area contributed by atoms with Gasteiger partial charge in [-0.3, -0.25) is 10.1 Å². The van der Waals surface area contributed by atoms with Crippen molar-refractivity contribution in [3.8, 4) is 0 Å². The molecule has 0 aliphatic heterocycles. The van der Waals surface area contributed by atoms with Gasteiger partial charge in [-0.25, -0.2) is 0 Å². The van der Waals surface area contributed by atoms with Crippen molar-refractivity contribution in [2.24, 2.45) is 0 Å². The average molecular weight is 402 g/mol. The van der Waals surface area contributed by atoms with Crippen LogP contribution in [0, 0.1) is 6.92 Å². The summed E-state index contributed by atoms with van der Waals surface area (Å²) in [6.07, 6.45) is 3.18. The zero-order valence-electron chi connectivity index (χ0n) is 14.0. The highest BCUT2D eigenvalue weighted by molar-refractivity contribution is 8.00. The first-order valence-electron chi connectivity index (χ1n) is 7.85. The van der Waals surface area contributed by atoms with Crippen molar-refractivity contribution < 1.29 is 4.79 Å². The summed E-state index contributed by atoms with van der Waals surface area (Å²) >= 11 is 8.80. The number of aromatic nitrogens is 2. The van der Waals surface area contributed by atoms with Gasteiger partial charge in [0.05, 0.1) is 0 Å². The van der Waals surface area contributed by atoms with Gasteiger partial charge in [0.2, 0.25) is 11.0 Å². The number of amides is 1. The number of halogens is 1. The van der Waals surface area contributed by atoms with Crippen LogP contribution in [-0.2, 0) is 10.5 Å². The Morgan fingerprint density at radius 2 is 1.88 bits per heavy atom. The van der Waals surface area contributed by atoms with Crippen molar-refractivity contribution in [1.82, 2.24) is 10.2 Å². The summed E-state index contributed by atoms with van der Waals surface area (Å²) in [7, 11) is 0. The quantitative estimate of drug-likeness (QED) is 0.339. The van der Waals surface area contributed by atoms with Crippen molar-refractivity contribution in [2.75, 3.05) is 5.32 Å². The van der Waals surface area contributed by atoms with E-state index in [1.165, 1.54) is 28.5 Å². The van der Waals surface area contributed by atoms with Crippen LogP contribution >= 0.6 is 34.7 Å². The van der Waals surface area contributed by atoms with Crippen LogP contribution in [0.15, 0.2) is 58.9 Å². The summed E-state index contributed by atoms with van der Waals surface area (Å²) in [5.41, 5.74) is 3.37. The van der Waals surface area contributed by atoms with Gasteiger partial charge in [-0.1, -0.05) is 76.7 Å². The highest BCUT2D eigenvalue weighted by atomic mass is 35.5. The molecule has 1 amide bonds. The third-order valence-corrected chi connectivity index (χ3v) is 5.71. The number of nitrogens with one attached hydrogen (secondary N) is 1. The molecule has 0 aliphatic carbocycles. The minimum absolute atomic E-state index is 0.244. The maximum Gasteiger partial charge on any atom is 0.250 e. The SMILES string of the molecule is Cc1ccc(CSc2nnc(NC(=O)/C=C/c3ccc(Cl)cc3)s2)cc1. The maximum atomic E-state index is 12.0. The molecule has 0 saturated carbocycles. The molecule has 4 nitrogen and oxygen atoms in total. The van der Waals surface area contributed by atoms with Gasteiger partial charge in [-0.2, -0.15) is 0 Å². The van der Waals surface area contributed by atoms with Crippen LogP contribution in [0.2, 0.25) is 5.02 Å². The van der Waals surface area contributed by atoms with E-state index in [4.69, 9.17) is 11.6 Å². The van der Waals surface area contributed by atoms with Crippen molar-refractivity contribution in [3.05, 3.63) is 76.3 Å². The Balaban J connectivity index is 1.51. The lowest BCUT2D eigenvalue weighted by Crippen LogP contribution is -2.07. The predicted octanol–water partition coefficient (Wildman–Crippen LogP) is 5.44. The topological polar surface area (TPSA) is 54.9 Å². The Kier molecular flexibility index (Phi) is 6.44. The van der Waals surface area contributed by atoms with E-state index in [2.05, 4.69) is 46.7 Å². The van der Waals surface area contributed by atoms with Crippen molar-refractivity contribution in [1.29, 1.82) is 0 Å². The van der Waals surface area contributed by atoms with Gasteiger partial charge < -0.3 is 0 Å². The molecule has 2 aromatic carbocycles. The molecule has 26 heavy (non-hydrogen) atoms. The van der Waals surface area contributed by atoms with Crippen molar-refractivity contribution >= 4 is 51.8 Å². The minimum Gasteiger partial charge on any atom is -0.297 e. The number of anilines is 1. The van der Waals surface area contributed by atoms with E-state index >= 15 is 0 Å². The van der Waals surface area contributed by atoms with Gasteiger partial charge in [0, 0.05) is 16.9 Å². The van der Waals surface area contributed by atoms with E-state index < -0.39 is 0 Å². The highest BCUT2D eigenvalue weighted by Crippen LogP contribution is 2.28. The molecule has 3 rings (SSSR count). The van der Waals surface area contributed by atoms with Gasteiger partial charge >= 0.3 is 0 Å². The number of hydrogen-bond donors (Lipinski definition) is 1. The molecule has 0 unspecified atom stereocenters. The van der Waals surface area contributed by atoms with E-state index in [0.717, 1.165) is 15.7 Å². The molecular formula is C19H16ClN3OS2. The second kappa shape index (κ2) is 8.98. The lowest BCUT2D eigenvalue weighted by Gasteiger charge is -1.99. The summed E-state index contributed by atoms with van der Waals surface area (Å²) in [4.78, 5) is 12.0. The van der Waals surface area contributed by atoms with E-state index in [1.807, 2.05) is 12.1 Å². The Hall–Kier alpha value is -2.15. The zero-order chi connectivity index (χ0) is 18.4. The standard InChI is InChI=1S/C19H16ClN3OS2/c1-13-2-4-15(5-3-13)12-25-19-23-22-18(26-19)21-17(24)11-8-14-6-9-16(20)10-7-14/h2-11H,12H2,1H3,(H,21,22,24)/b11-8+. The molecule has 0 aliphatic rings. The summed E-state index contributed by atoms with van der Waals surface area (Å²) in [6, 6.07) is 15.6. The zero-order valence-corrected chi connectivity index (χ0v) is 16.4. The lowest BCUT2D eigenvalue weighted by molar-refractivity contribution is -0.111. The molecular weight excluding hydrogens is 386 g/mol. The summed E-state index contributed by atoms with van der Waals surface area (Å²) in [6.45, 7) is 2.07. The molecule has 0 atom stereocenters. The fourth-order valence-electron chi connectivity index (χ4n) is 2.04. The number of rotatable bonds is 6. The van der Waals surface area contributed by atoms with Gasteiger partial charge in [0.15, 0.2) is 4.34 Å². The molecule has 0 bridgehead atoms. The monoisotopic (exact) mass is 401 g/mol. The Morgan fingerprint density at radius 3 is 2.62 bits per heavy atom. The lowest BCUT2D eigenvalue weighted by atomic mass is 10.2. The smallest absolute Gasteiger partial charge is 0.250 e. The number of thioether (sulfide) groups is 1. The molecule has 3 aromatic rings. The second-order valence-corrected chi connectivity index (χ2v) is 8.16. The fourth-order valence-corrected chi connectivity index (χ4v) is 3.88. The number of hydrogen-bond acceptors (Lipinski definition) is 5. The summed E-state index contributed by atoms with van der Waals surface area (Å²) in [5.74, 6) is 0.575. The average Bonchev–Trinajstić information content (AvgIpc) is 3.08. The van der Waals surface area contributed by atoms with E-state index in [0.29, 0.717) is 10.2 Å². The van der Waals surface area contributed by atoms with Crippen LogP contribution in [0.1, 0.15) is 16.7 Å². The molecule has 0 radical (unpaired) electrons. The molecule has 1 N–H and O–H groups in total. The van der Waals surface area contributed by atoms with Gasteiger partial charge in [0.1, 0.15) is 0 Å². The number of benzene rings is 2. The van der Waals surface area contributed by atoms with Crippen LogP contribution in [0.25, 0.3) is 6.08 Å². The van der Waals surface area contributed by atoms with E-state index in [-0.39, 0.29) is 5.91 Å². The predicted molar refractivity (Wildman–Crippen MR) is 110 cm³/mol. The normalized spacial score (nSPS) is 11.0. The third-order valence-electron chi connectivity index (χ3n) is 3.42. The molecule has 7 heteroatoms. The fraction of sp³-hybridized carbons (Fsp3) is 0.105. The van der Waals surface area contributed by atoms with Crippen molar-refractivity contribution in [2.45, 2.75) is 17.0 Å². The van der Waals surface area contributed by atoms with Crippen LogP contribution in [-0.4, -0.2) is 16.1 Å². The van der Waals surface area contributed by atoms with Crippen LogP contribution in [0.3, 0.4) is 0 Å². The number of aryl methyl sites for hydroxylation is 1. The first kappa shape index (κ1) is 18.6. The van der Waals surface area contributed by atoms with Crippen LogP contribution in [0.4, 0.5) is 5.13 Å². The largest absolute Gasteiger partial charge is 0.297 e.